The van der Waals surface area contributed by atoms with Gasteiger partial charge in [0.15, 0.2) is 0 Å². The summed E-state index contributed by atoms with van der Waals surface area (Å²) in [5.74, 6) is 0.495. The summed E-state index contributed by atoms with van der Waals surface area (Å²) < 4.78 is 6.03. The first-order valence-electron chi connectivity index (χ1n) is 10.6. The number of hydrogen-bond donors (Lipinski definition) is 5. The minimum Gasteiger partial charge on any atom is -0.456 e. The highest BCUT2D eigenvalue weighted by Gasteiger charge is 2.15. The Bertz CT molecular complexity index is 1350. The number of benzene rings is 4. The highest BCUT2D eigenvalue weighted by molar-refractivity contribution is 7.80. The maximum absolute atomic E-state index is 13.1. The molecule has 1 amide bonds. The maximum Gasteiger partial charge on any atom is 0.259 e. The van der Waals surface area contributed by atoms with Crippen LogP contribution in [-0.2, 0) is 0 Å². The number of rotatable bonds is 7. The molecule has 7 heteroatoms. The van der Waals surface area contributed by atoms with Gasteiger partial charge in [-0.05, 0) is 53.6 Å². The van der Waals surface area contributed by atoms with Crippen LogP contribution in [0, 0.1) is 5.41 Å². The summed E-state index contributed by atoms with van der Waals surface area (Å²) >= 11 is 4.52. The van der Waals surface area contributed by atoms with Gasteiger partial charge in [0.2, 0.25) is 0 Å². The zero-order valence-corrected chi connectivity index (χ0v) is 19.4. The fourth-order valence-electron chi connectivity index (χ4n) is 3.45. The molecule has 4 rings (SSSR count). The lowest BCUT2D eigenvalue weighted by Gasteiger charge is -2.14. The Morgan fingerprint density at radius 2 is 1.65 bits per heavy atom. The van der Waals surface area contributed by atoms with E-state index < -0.39 is 0 Å². The zero-order chi connectivity index (χ0) is 24.1. The van der Waals surface area contributed by atoms with E-state index in [1.54, 1.807) is 49.5 Å². The topological polar surface area (TPSA) is 100 Å². The molecule has 0 unspecified atom stereocenters. The third-order valence-corrected chi connectivity index (χ3v) is 5.64. The molecule has 0 aliphatic carbocycles. The smallest absolute Gasteiger partial charge is 0.259 e. The van der Waals surface area contributed by atoms with Gasteiger partial charge in [0.05, 0.1) is 5.56 Å². The predicted molar refractivity (Wildman–Crippen MR) is 141 cm³/mol. The van der Waals surface area contributed by atoms with Crippen LogP contribution in [0.4, 0.5) is 11.4 Å². The number of hydrogen-bond acceptors (Lipinski definition) is 5. The van der Waals surface area contributed by atoms with E-state index in [1.807, 2.05) is 48.5 Å². The van der Waals surface area contributed by atoms with Gasteiger partial charge < -0.3 is 21.1 Å². The average Bonchev–Trinajstić information content (AvgIpc) is 2.85. The number of nitrogens with one attached hydrogen (secondary N) is 3. The summed E-state index contributed by atoms with van der Waals surface area (Å²) in [5.41, 5.74) is 9.99. The second-order valence-electron chi connectivity index (χ2n) is 7.55. The summed E-state index contributed by atoms with van der Waals surface area (Å²) in [6.45, 7) is 0. The van der Waals surface area contributed by atoms with Gasteiger partial charge in [0.1, 0.15) is 17.3 Å². The zero-order valence-electron chi connectivity index (χ0n) is 18.5. The van der Waals surface area contributed by atoms with Crippen LogP contribution in [0.2, 0.25) is 0 Å². The Kier molecular flexibility index (Phi) is 6.85. The Morgan fingerprint density at radius 1 is 0.912 bits per heavy atom. The summed E-state index contributed by atoms with van der Waals surface area (Å²) in [4.78, 5) is 14.0. The molecule has 4 aromatic carbocycles. The van der Waals surface area contributed by atoms with E-state index >= 15 is 0 Å². The van der Waals surface area contributed by atoms with Crippen molar-refractivity contribution in [3.8, 4) is 22.6 Å². The number of carbonyl (C=O) groups excluding carboxylic acids is 1. The van der Waals surface area contributed by atoms with Gasteiger partial charge in [-0.15, -0.1) is 12.6 Å². The lowest BCUT2D eigenvalue weighted by molar-refractivity contribution is 0.102. The first-order valence-corrected chi connectivity index (χ1v) is 11.0. The normalized spacial score (nSPS) is 10.4. The predicted octanol–water partition coefficient (Wildman–Crippen LogP) is 6.01. The highest BCUT2D eigenvalue weighted by atomic mass is 32.1. The Balaban J connectivity index is 1.58. The van der Waals surface area contributed by atoms with Gasteiger partial charge in [-0.3, -0.25) is 10.2 Å². The van der Waals surface area contributed by atoms with E-state index in [-0.39, 0.29) is 11.7 Å². The van der Waals surface area contributed by atoms with Crippen molar-refractivity contribution < 1.29 is 9.53 Å². The van der Waals surface area contributed by atoms with Gasteiger partial charge >= 0.3 is 0 Å². The maximum atomic E-state index is 13.1. The van der Waals surface area contributed by atoms with E-state index in [4.69, 9.17) is 15.9 Å². The molecular formula is C27H24N4O2S. The molecular weight excluding hydrogens is 444 g/mol. The standard InChI is InChI=1S/C27H24N4O2S/c1-30-20-13-14-23(24(16-20)33-21-6-4-5-18(15-21)26(28)29)27(32)31-19-11-9-17(10-12-19)22-7-2-3-8-25(22)34/h2-16,30,34H,1H3,(H3,28,29)(H,31,32). The van der Waals surface area contributed by atoms with Gasteiger partial charge in [-0.2, -0.15) is 0 Å². The van der Waals surface area contributed by atoms with Gasteiger partial charge in [0.25, 0.3) is 5.91 Å². The number of carbonyl (C=O) groups is 1. The molecule has 5 N–H and O–H groups in total. The monoisotopic (exact) mass is 468 g/mol. The molecule has 6 nitrogen and oxygen atoms in total. The van der Waals surface area contributed by atoms with Crippen molar-refractivity contribution in [2.75, 3.05) is 17.7 Å². The van der Waals surface area contributed by atoms with Crippen LogP contribution in [0.15, 0.2) is 95.9 Å². The van der Waals surface area contributed by atoms with Crippen molar-refractivity contribution in [3.63, 3.8) is 0 Å². The molecule has 0 saturated heterocycles. The number of ether oxygens (including phenoxy) is 1. The van der Waals surface area contributed by atoms with E-state index in [1.165, 1.54) is 0 Å². The van der Waals surface area contributed by atoms with Gasteiger partial charge in [-0.1, -0.05) is 42.5 Å². The largest absolute Gasteiger partial charge is 0.456 e. The van der Waals surface area contributed by atoms with E-state index in [2.05, 4.69) is 23.3 Å². The van der Waals surface area contributed by atoms with E-state index in [0.717, 1.165) is 21.7 Å². The lowest BCUT2D eigenvalue weighted by atomic mass is 10.1. The van der Waals surface area contributed by atoms with Crippen molar-refractivity contribution in [2.24, 2.45) is 5.73 Å². The molecule has 170 valence electrons. The SMILES string of the molecule is CNc1ccc(C(=O)Nc2ccc(-c3ccccc3S)cc2)c(Oc2cccc(C(=N)N)c2)c1. The number of amides is 1. The lowest BCUT2D eigenvalue weighted by Crippen LogP contribution is -2.13. The van der Waals surface area contributed by atoms with Crippen LogP contribution in [0.3, 0.4) is 0 Å². The van der Waals surface area contributed by atoms with Gasteiger partial charge in [-0.25, -0.2) is 0 Å². The van der Waals surface area contributed by atoms with Crippen molar-refractivity contribution in [3.05, 3.63) is 102 Å². The van der Waals surface area contributed by atoms with Crippen LogP contribution >= 0.6 is 12.6 Å². The number of nitrogen functional groups attached to an aromatic ring is 1. The van der Waals surface area contributed by atoms with Crippen LogP contribution in [-0.4, -0.2) is 18.8 Å². The second-order valence-corrected chi connectivity index (χ2v) is 8.03. The van der Waals surface area contributed by atoms with E-state index in [0.29, 0.717) is 28.3 Å². The summed E-state index contributed by atoms with van der Waals surface area (Å²) in [6.07, 6.45) is 0. The number of nitrogens with two attached hydrogens (primary N) is 1. The molecule has 0 aliphatic rings. The molecule has 34 heavy (non-hydrogen) atoms. The molecule has 0 fully saturated rings. The molecule has 0 radical (unpaired) electrons. The Labute approximate surface area is 203 Å². The number of anilines is 2. The number of thiol groups is 1. The first-order chi connectivity index (χ1) is 16.4. The van der Waals surface area contributed by atoms with Crippen molar-refractivity contribution in [1.29, 1.82) is 5.41 Å². The van der Waals surface area contributed by atoms with Crippen LogP contribution in [0.5, 0.6) is 11.5 Å². The molecule has 0 saturated carbocycles. The van der Waals surface area contributed by atoms with Crippen molar-refractivity contribution in [2.45, 2.75) is 4.90 Å². The average molecular weight is 469 g/mol. The molecule has 0 bridgehead atoms. The fourth-order valence-corrected chi connectivity index (χ4v) is 3.74. The summed E-state index contributed by atoms with van der Waals surface area (Å²) in [6, 6.07) is 27.6. The van der Waals surface area contributed by atoms with Crippen LogP contribution in [0.1, 0.15) is 15.9 Å². The van der Waals surface area contributed by atoms with E-state index in [9.17, 15) is 4.79 Å². The van der Waals surface area contributed by atoms with Gasteiger partial charge in [0, 0.05) is 34.9 Å². The Hall–Kier alpha value is -4.23. The molecule has 0 aliphatic heterocycles. The molecule has 0 spiro atoms. The third-order valence-electron chi connectivity index (χ3n) is 5.25. The Morgan fingerprint density at radius 3 is 2.35 bits per heavy atom. The van der Waals surface area contributed by atoms with Crippen LogP contribution < -0.4 is 21.1 Å². The number of amidine groups is 1. The molecule has 4 aromatic rings. The second kappa shape index (κ2) is 10.1. The molecule has 0 aromatic heterocycles. The molecule has 0 atom stereocenters. The highest BCUT2D eigenvalue weighted by Crippen LogP contribution is 2.31. The molecule has 0 heterocycles. The minimum absolute atomic E-state index is 0.0589. The quantitative estimate of drug-likeness (QED) is 0.130. The third kappa shape index (κ3) is 5.22. The summed E-state index contributed by atoms with van der Waals surface area (Å²) in [5, 5.41) is 13.6. The van der Waals surface area contributed by atoms with Crippen LogP contribution in [0.25, 0.3) is 11.1 Å². The van der Waals surface area contributed by atoms with Crippen molar-refractivity contribution in [1.82, 2.24) is 0 Å². The van der Waals surface area contributed by atoms with Crippen molar-refractivity contribution >= 4 is 35.7 Å². The minimum atomic E-state index is -0.303. The fraction of sp³-hybridized carbons (Fsp3) is 0.0370. The summed E-state index contributed by atoms with van der Waals surface area (Å²) in [7, 11) is 1.79. The first kappa shape index (κ1) is 22.9.